The summed E-state index contributed by atoms with van der Waals surface area (Å²) >= 11 is 0. The van der Waals surface area contributed by atoms with Crippen LogP contribution in [0.4, 0.5) is 11.5 Å². The molecule has 1 atom stereocenters. The van der Waals surface area contributed by atoms with Gasteiger partial charge in [-0.25, -0.2) is 15.0 Å². The molecule has 1 amide bonds. The number of nitrogens with zero attached hydrogens (tertiary/aromatic N) is 4. The van der Waals surface area contributed by atoms with Crippen LogP contribution >= 0.6 is 0 Å². The molecule has 0 fully saturated rings. The van der Waals surface area contributed by atoms with E-state index in [1.807, 2.05) is 32.0 Å². The van der Waals surface area contributed by atoms with E-state index in [9.17, 15) is 9.59 Å². The van der Waals surface area contributed by atoms with Crippen molar-refractivity contribution in [2.45, 2.75) is 40.7 Å². The second-order valence-corrected chi connectivity index (χ2v) is 9.10. The van der Waals surface area contributed by atoms with Crippen molar-refractivity contribution >= 4 is 34.0 Å². The zero-order chi connectivity index (χ0) is 30.3. The van der Waals surface area contributed by atoms with Gasteiger partial charge in [0.15, 0.2) is 0 Å². The first-order valence-electron chi connectivity index (χ1n) is 13.4. The van der Waals surface area contributed by atoms with Crippen LogP contribution in [0.1, 0.15) is 50.5 Å². The minimum atomic E-state index is -0.431. The molecular weight excluding hydrogens is 516 g/mol. The quantitative estimate of drug-likeness (QED) is 0.209. The van der Waals surface area contributed by atoms with Crippen molar-refractivity contribution in [3.05, 3.63) is 75.6 Å². The van der Waals surface area contributed by atoms with E-state index in [1.165, 1.54) is 6.07 Å². The molecule has 10 heteroatoms. The number of carbonyl (C=O) groups is 1. The van der Waals surface area contributed by atoms with Crippen LogP contribution in [0.3, 0.4) is 0 Å². The third-order valence-electron chi connectivity index (χ3n) is 6.26. The maximum atomic E-state index is 12.6. The molecule has 0 saturated carbocycles. The molecule has 3 aromatic heterocycles. The predicted molar refractivity (Wildman–Crippen MR) is 166 cm³/mol. The lowest BCUT2D eigenvalue weighted by Crippen LogP contribution is -2.35. The molecular formula is C31H36N8O2. The number of hydrogen-bond donors (Lipinski definition) is 4. The van der Waals surface area contributed by atoms with E-state index in [4.69, 9.17) is 5.41 Å². The molecule has 4 aromatic rings. The molecule has 0 bridgehead atoms. The number of rotatable bonds is 6. The Morgan fingerprint density at radius 3 is 2.41 bits per heavy atom. The fraction of sp³-hybridized carbons (Fsp3) is 0.290. The van der Waals surface area contributed by atoms with Crippen molar-refractivity contribution in [1.29, 1.82) is 5.41 Å². The highest BCUT2D eigenvalue weighted by atomic mass is 16.2. The number of carbonyl (C=O) groups excluding carboxylic acids is 1. The molecule has 0 aliphatic heterocycles. The van der Waals surface area contributed by atoms with E-state index in [0.29, 0.717) is 45.7 Å². The summed E-state index contributed by atoms with van der Waals surface area (Å²) in [4.78, 5) is 38.2. The third kappa shape index (κ3) is 7.01. The number of anilines is 2. The zero-order valence-corrected chi connectivity index (χ0v) is 24.7. The number of hydrogen-bond acceptors (Lipinski definition) is 8. The Hall–Kier alpha value is -4.88. The molecule has 0 aliphatic rings. The second-order valence-electron chi connectivity index (χ2n) is 9.10. The number of fused-ring (bicyclic) bond motifs is 1. The van der Waals surface area contributed by atoms with Gasteiger partial charge in [0, 0.05) is 31.3 Å². The van der Waals surface area contributed by atoms with Crippen LogP contribution in [0.15, 0.2) is 47.3 Å². The molecule has 1 unspecified atom stereocenters. The third-order valence-corrected chi connectivity index (χ3v) is 6.26. The van der Waals surface area contributed by atoms with Crippen LogP contribution in [0.2, 0.25) is 0 Å². The van der Waals surface area contributed by atoms with Crippen molar-refractivity contribution in [3.8, 4) is 23.1 Å². The van der Waals surface area contributed by atoms with Gasteiger partial charge >= 0.3 is 0 Å². The van der Waals surface area contributed by atoms with E-state index in [-0.39, 0.29) is 11.5 Å². The fourth-order valence-corrected chi connectivity index (χ4v) is 4.05. The first kappa shape index (κ1) is 30.7. The van der Waals surface area contributed by atoms with Crippen LogP contribution in [-0.2, 0) is 11.8 Å². The lowest BCUT2D eigenvalue weighted by Gasteiger charge is -2.15. The Bertz CT molecular complexity index is 1730. The maximum Gasteiger partial charge on any atom is 0.250 e. The topological polar surface area (TPSA) is 138 Å². The number of likely N-dealkylation sites (N-methyl/N-ethyl adjacent to an activating group) is 1. The molecule has 3 heterocycles. The van der Waals surface area contributed by atoms with E-state index in [0.717, 1.165) is 16.5 Å². The van der Waals surface area contributed by atoms with Crippen LogP contribution in [0.5, 0.6) is 0 Å². The average Bonchev–Trinajstić information content (AvgIpc) is 2.97. The zero-order valence-electron chi connectivity index (χ0n) is 24.7. The highest BCUT2D eigenvalue weighted by molar-refractivity contribution is 6.02. The minimum Gasteiger partial charge on any atom is -0.385 e. The molecule has 4 N–H and O–H groups in total. The predicted octanol–water partition coefficient (Wildman–Crippen LogP) is 4.10. The summed E-state index contributed by atoms with van der Waals surface area (Å²) in [5.74, 6) is 6.83. The van der Waals surface area contributed by atoms with Gasteiger partial charge in [-0.1, -0.05) is 19.8 Å². The lowest BCUT2D eigenvalue weighted by molar-refractivity contribution is -0.117. The number of benzene rings is 1. The molecule has 41 heavy (non-hydrogen) atoms. The number of amides is 1. The van der Waals surface area contributed by atoms with Gasteiger partial charge in [0.2, 0.25) is 5.91 Å². The standard InChI is InChI=1S/C29H30N8O2.C2H6/c1-16(30)26-28(32-5)27(34-18(3)33-26)21-14-22(35-24(15-21)36-29(39)17(2)31-4)10-7-19-8-11-23-20(13-19)9-12-25(38)37(23)6;1-2/h8-9,11-15,17,30-32H,1-6H3,(H,35,36,39);1-2H3. The SMILES string of the molecule is CC.CNc1c(C(C)=N)nc(C)nc1-c1cc(C#Cc2ccc3c(ccc(=O)n3C)c2)nc(NC(=O)C(C)NC)c1. The number of aryl methyl sites for hydroxylation is 2. The Morgan fingerprint density at radius 2 is 1.76 bits per heavy atom. The largest absolute Gasteiger partial charge is 0.385 e. The molecule has 0 aliphatic carbocycles. The van der Waals surface area contributed by atoms with Gasteiger partial charge in [0.25, 0.3) is 5.56 Å². The lowest BCUT2D eigenvalue weighted by atomic mass is 10.1. The van der Waals surface area contributed by atoms with Crippen LogP contribution < -0.4 is 21.5 Å². The number of aromatic nitrogens is 4. The molecule has 0 spiro atoms. The number of nitrogens with one attached hydrogen (secondary N) is 4. The van der Waals surface area contributed by atoms with Gasteiger partial charge in [0.05, 0.1) is 28.7 Å². The van der Waals surface area contributed by atoms with Crippen LogP contribution in [-0.4, -0.2) is 51.3 Å². The van der Waals surface area contributed by atoms with Gasteiger partial charge in [0.1, 0.15) is 23.0 Å². The smallest absolute Gasteiger partial charge is 0.250 e. The summed E-state index contributed by atoms with van der Waals surface area (Å²) in [5.41, 5.74) is 4.52. The molecule has 212 valence electrons. The van der Waals surface area contributed by atoms with E-state index < -0.39 is 6.04 Å². The van der Waals surface area contributed by atoms with Gasteiger partial charge in [-0.05, 0) is 75.5 Å². The van der Waals surface area contributed by atoms with Crippen molar-refractivity contribution in [2.75, 3.05) is 24.7 Å². The summed E-state index contributed by atoms with van der Waals surface area (Å²) in [6.07, 6.45) is 0. The molecule has 0 saturated heterocycles. The number of pyridine rings is 2. The van der Waals surface area contributed by atoms with Crippen LogP contribution in [0, 0.1) is 24.2 Å². The fourth-order valence-electron chi connectivity index (χ4n) is 4.05. The highest BCUT2D eigenvalue weighted by Gasteiger charge is 2.18. The summed E-state index contributed by atoms with van der Waals surface area (Å²) in [5, 5.41) is 18.0. The van der Waals surface area contributed by atoms with E-state index in [2.05, 4.69) is 42.7 Å². The van der Waals surface area contributed by atoms with Crippen molar-refractivity contribution < 1.29 is 4.79 Å². The molecule has 0 radical (unpaired) electrons. The van der Waals surface area contributed by atoms with Gasteiger partial charge in [-0.15, -0.1) is 0 Å². The van der Waals surface area contributed by atoms with E-state index >= 15 is 0 Å². The highest BCUT2D eigenvalue weighted by Crippen LogP contribution is 2.30. The molecule has 4 rings (SSSR count). The van der Waals surface area contributed by atoms with Gasteiger partial charge in [-0.2, -0.15) is 0 Å². The van der Waals surface area contributed by atoms with Gasteiger partial charge < -0.3 is 25.9 Å². The molecule has 10 nitrogen and oxygen atoms in total. The Labute approximate surface area is 240 Å². The van der Waals surface area contributed by atoms with Crippen molar-refractivity contribution in [1.82, 2.24) is 24.8 Å². The van der Waals surface area contributed by atoms with Crippen molar-refractivity contribution in [2.24, 2.45) is 7.05 Å². The second kappa shape index (κ2) is 13.5. The summed E-state index contributed by atoms with van der Waals surface area (Å²) in [6.45, 7) is 9.19. The Kier molecular flexibility index (Phi) is 10.1. The molecule has 1 aromatic carbocycles. The maximum absolute atomic E-state index is 12.6. The summed E-state index contributed by atoms with van der Waals surface area (Å²) < 4.78 is 1.59. The van der Waals surface area contributed by atoms with E-state index in [1.54, 1.807) is 64.7 Å². The first-order chi connectivity index (χ1) is 19.6. The minimum absolute atomic E-state index is 0.0771. The summed E-state index contributed by atoms with van der Waals surface area (Å²) in [6, 6.07) is 12.0. The van der Waals surface area contributed by atoms with Crippen molar-refractivity contribution in [3.63, 3.8) is 0 Å². The normalized spacial score (nSPS) is 11.0. The Morgan fingerprint density at radius 1 is 1.02 bits per heavy atom. The first-order valence-corrected chi connectivity index (χ1v) is 13.4. The van der Waals surface area contributed by atoms with Crippen LogP contribution in [0.25, 0.3) is 22.2 Å². The Balaban J connectivity index is 0.00000226. The van der Waals surface area contributed by atoms with Gasteiger partial charge in [-0.3, -0.25) is 9.59 Å². The summed E-state index contributed by atoms with van der Waals surface area (Å²) in [7, 11) is 5.19. The monoisotopic (exact) mass is 552 g/mol. The average molecular weight is 553 g/mol.